The van der Waals surface area contributed by atoms with Gasteiger partial charge in [0.05, 0.1) is 6.20 Å². The van der Waals surface area contributed by atoms with Crippen molar-refractivity contribution in [3.63, 3.8) is 0 Å². The van der Waals surface area contributed by atoms with Crippen molar-refractivity contribution in [1.82, 2.24) is 19.6 Å². The first-order chi connectivity index (χ1) is 12.0. The summed E-state index contributed by atoms with van der Waals surface area (Å²) in [5.41, 5.74) is 2.05. The third-order valence-electron chi connectivity index (χ3n) is 5.47. The van der Waals surface area contributed by atoms with Gasteiger partial charge in [-0.05, 0) is 36.8 Å². The van der Waals surface area contributed by atoms with E-state index in [1.54, 1.807) is 18.5 Å². The minimum Gasteiger partial charge on any atom is -0.323 e. The number of aryl methyl sites for hydroxylation is 1. The average Bonchev–Trinajstić information content (AvgIpc) is 3.02. The summed E-state index contributed by atoms with van der Waals surface area (Å²) in [6.07, 6.45) is 5.49. The van der Waals surface area contributed by atoms with Crippen LogP contribution in [0.1, 0.15) is 24.0 Å². The highest BCUT2D eigenvalue weighted by atomic mass is 19.1. The molecule has 132 valence electrons. The summed E-state index contributed by atoms with van der Waals surface area (Å²) in [5, 5.41) is 4.11. The lowest BCUT2D eigenvalue weighted by molar-refractivity contribution is -0.0448. The van der Waals surface area contributed by atoms with Gasteiger partial charge in [0.25, 0.3) is 0 Å². The molecule has 1 amide bonds. The van der Waals surface area contributed by atoms with Crippen molar-refractivity contribution in [2.75, 3.05) is 26.2 Å². The molecule has 25 heavy (non-hydrogen) atoms. The van der Waals surface area contributed by atoms with Gasteiger partial charge in [-0.1, -0.05) is 18.2 Å². The Balaban J connectivity index is 1.30. The van der Waals surface area contributed by atoms with Gasteiger partial charge < -0.3 is 4.90 Å². The van der Waals surface area contributed by atoms with Gasteiger partial charge in [-0.2, -0.15) is 9.78 Å². The van der Waals surface area contributed by atoms with E-state index in [1.165, 1.54) is 10.7 Å². The topological polar surface area (TPSA) is 41.4 Å². The smallest absolute Gasteiger partial charge is 0.323 e. The number of amides is 1. The van der Waals surface area contributed by atoms with Crippen LogP contribution in [0.15, 0.2) is 36.7 Å². The monoisotopic (exact) mass is 342 g/mol. The second kappa shape index (κ2) is 6.26. The SMILES string of the molecule is Cc1cnn(C(=O)N2CCC3(CC2)CN(Cc2ccccc2F)C3)c1. The average molecular weight is 342 g/mol. The van der Waals surface area contributed by atoms with E-state index in [-0.39, 0.29) is 11.8 Å². The predicted octanol–water partition coefficient (Wildman–Crippen LogP) is 2.90. The highest BCUT2D eigenvalue weighted by molar-refractivity contribution is 5.76. The fourth-order valence-corrected chi connectivity index (χ4v) is 4.03. The number of halogens is 1. The van der Waals surface area contributed by atoms with Crippen LogP contribution in [-0.2, 0) is 6.54 Å². The van der Waals surface area contributed by atoms with Crippen LogP contribution in [0.5, 0.6) is 0 Å². The minimum absolute atomic E-state index is 0.0366. The van der Waals surface area contributed by atoms with Gasteiger partial charge in [0.2, 0.25) is 0 Å². The lowest BCUT2D eigenvalue weighted by atomic mass is 9.72. The summed E-state index contributed by atoms with van der Waals surface area (Å²) < 4.78 is 15.2. The summed E-state index contributed by atoms with van der Waals surface area (Å²) >= 11 is 0. The van der Waals surface area contributed by atoms with Crippen molar-refractivity contribution in [3.8, 4) is 0 Å². The largest absolute Gasteiger partial charge is 0.344 e. The van der Waals surface area contributed by atoms with E-state index in [2.05, 4.69) is 10.00 Å². The number of aromatic nitrogens is 2. The Morgan fingerprint density at radius 2 is 1.96 bits per heavy atom. The van der Waals surface area contributed by atoms with Crippen molar-refractivity contribution in [2.24, 2.45) is 5.41 Å². The first kappa shape index (κ1) is 16.3. The maximum absolute atomic E-state index is 13.8. The van der Waals surface area contributed by atoms with E-state index >= 15 is 0 Å². The molecule has 0 N–H and O–H groups in total. The lowest BCUT2D eigenvalue weighted by Crippen LogP contribution is -2.60. The van der Waals surface area contributed by atoms with Gasteiger partial charge >= 0.3 is 6.03 Å². The summed E-state index contributed by atoms with van der Waals surface area (Å²) in [7, 11) is 0. The minimum atomic E-state index is -0.126. The van der Waals surface area contributed by atoms with Gasteiger partial charge in [-0.15, -0.1) is 0 Å². The number of nitrogens with zero attached hydrogens (tertiary/aromatic N) is 4. The molecule has 2 aliphatic heterocycles. The molecule has 0 unspecified atom stereocenters. The maximum atomic E-state index is 13.8. The van der Waals surface area contributed by atoms with Crippen LogP contribution in [0.4, 0.5) is 9.18 Å². The Morgan fingerprint density at radius 1 is 1.24 bits per heavy atom. The molecule has 0 saturated carbocycles. The molecule has 0 aliphatic carbocycles. The zero-order chi connectivity index (χ0) is 17.4. The van der Waals surface area contributed by atoms with Gasteiger partial charge in [0.1, 0.15) is 5.82 Å². The maximum Gasteiger partial charge on any atom is 0.344 e. The Labute approximate surface area is 147 Å². The van der Waals surface area contributed by atoms with Crippen LogP contribution in [0.3, 0.4) is 0 Å². The molecule has 5 nitrogen and oxygen atoms in total. The van der Waals surface area contributed by atoms with Crippen molar-refractivity contribution in [2.45, 2.75) is 26.3 Å². The quantitative estimate of drug-likeness (QED) is 0.843. The summed E-state index contributed by atoms with van der Waals surface area (Å²) in [4.78, 5) is 16.6. The fraction of sp³-hybridized carbons (Fsp3) is 0.474. The zero-order valence-corrected chi connectivity index (χ0v) is 14.5. The highest BCUT2D eigenvalue weighted by Crippen LogP contribution is 2.41. The number of hydrogen-bond donors (Lipinski definition) is 0. The molecule has 1 aromatic heterocycles. The molecule has 4 rings (SSSR count). The van der Waals surface area contributed by atoms with E-state index in [0.29, 0.717) is 12.0 Å². The Kier molecular flexibility index (Phi) is 4.07. The van der Waals surface area contributed by atoms with Gasteiger partial charge in [0, 0.05) is 44.5 Å². The number of hydrogen-bond acceptors (Lipinski definition) is 3. The number of benzene rings is 1. The molecule has 0 radical (unpaired) electrons. The Bertz CT molecular complexity index is 771. The first-order valence-corrected chi connectivity index (χ1v) is 8.81. The van der Waals surface area contributed by atoms with E-state index < -0.39 is 0 Å². The van der Waals surface area contributed by atoms with Crippen LogP contribution in [0, 0.1) is 18.2 Å². The molecule has 2 aromatic rings. The van der Waals surface area contributed by atoms with E-state index in [9.17, 15) is 9.18 Å². The number of rotatable bonds is 2. The molecule has 2 fully saturated rings. The van der Waals surface area contributed by atoms with Crippen LogP contribution >= 0.6 is 0 Å². The zero-order valence-electron chi connectivity index (χ0n) is 14.5. The van der Waals surface area contributed by atoms with Crippen molar-refractivity contribution in [3.05, 3.63) is 53.6 Å². The molecule has 1 aromatic carbocycles. The highest BCUT2D eigenvalue weighted by Gasteiger charge is 2.45. The van der Waals surface area contributed by atoms with Crippen LogP contribution in [0.25, 0.3) is 0 Å². The third kappa shape index (κ3) is 3.18. The third-order valence-corrected chi connectivity index (χ3v) is 5.47. The molecule has 2 aliphatic rings. The number of piperidine rings is 1. The summed E-state index contributed by atoms with van der Waals surface area (Å²) in [6.45, 7) is 6.12. The summed E-state index contributed by atoms with van der Waals surface area (Å²) in [6, 6.07) is 6.95. The number of carbonyl (C=O) groups excluding carboxylic acids is 1. The molecule has 3 heterocycles. The molecular weight excluding hydrogens is 319 g/mol. The Hall–Kier alpha value is -2.21. The Morgan fingerprint density at radius 3 is 2.60 bits per heavy atom. The van der Waals surface area contributed by atoms with Crippen molar-refractivity contribution < 1.29 is 9.18 Å². The van der Waals surface area contributed by atoms with Gasteiger partial charge in [-0.3, -0.25) is 4.90 Å². The molecular formula is C19H23FN4O. The molecule has 6 heteroatoms. The van der Waals surface area contributed by atoms with Crippen LogP contribution < -0.4 is 0 Å². The standard InChI is InChI=1S/C19H23FN4O/c1-15-10-21-24(11-15)18(25)23-8-6-19(7-9-23)13-22(14-19)12-16-4-2-3-5-17(16)20/h2-5,10-11H,6-9,12-14H2,1H3. The molecule has 2 saturated heterocycles. The van der Waals surface area contributed by atoms with Crippen molar-refractivity contribution in [1.29, 1.82) is 0 Å². The first-order valence-electron chi connectivity index (χ1n) is 8.81. The normalized spacial score (nSPS) is 19.8. The number of carbonyl (C=O) groups is 1. The van der Waals surface area contributed by atoms with Crippen molar-refractivity contribution >= 4 is 6.03 Å². The van der Waals surface area contributed by atoms with E-state index in [0.717, 1.165) is 50.1 Å². The fourth-order valence-electron chi connectivity index (χ4n) is 4.03. The van der Waals surface area contributed by atoms with Gasteiger partial charge in [-0.25, -0.2) is 9.18 Å². The molecule has 1 spiro atoms. The van der Waals surface area contributed by atoms with Crippen LogP contribution in [0.2, 0.25) is 0 Å². The lowest BCUT2D eigenvalue weighted by Gasteiger charge is -2.54. The summed E-state index contributed by atoms with van der Waals surface area (Å²) in [5.74, 6) is -0.126. The second-order valence-corrected chi connectivity index (χ2v) is 7.47. The molecule has 0 atom stereocenters. The molecule has 0 bridgehead atoms. The van der Waals surface area contributed by atoms with E-state index in [1.807, 2.05) is 24.0 Å². The predicted molar refractivity (Wildman–Crippen MR) is 92.7 cm³/mol. The number of likely N-dealkylation sites (tertiary alicyclic amines) is 2. The van der Waals surface area contributed by atoms with Crippen LogP contribution in [-0.4, -0.2) is 51.8 Å². The van der Waals surface area contributed by atoms with E-state index in [4.69, 9.17) is 0 Å². The van der Waals surface area contributed by atoms with Gasteiger partial charge in [0.15, 0.2) is 0 Å². The second-order valence-electron chi connectivity index (χ2n) is 7.47.